The lowest BCUT2D eigenvalue weighted by atomic mass is 10.3. The number of aromatic hydroxyl groups is 2. The Hall–Kier alpha value is -3.53. The predicted octanol–water partition coefficient (Wildman–Crippen LogP) is 3.27. The SMILES string of the molecule is O=S(=O)(O)c1cccc(S(=O)(=O)c2cc(S(=O)(=O)c3ccc(O)c(S(=O)(=O)c4cccc(SOOO)c4)c3)ccc2O)c1. The summed E-state index contributed by atoms with van der Waals surface area (Å²) in [7, 11) is -18.8. The second kappa shape index (κ2) is 11.9. The molecule has 228 valence electrons. The zero-order chi connectivity index (χ0) is 31.8. The van der Waals surface area contributed by atoms with Crippen molar-refractivity contribution in [3.05, 3.63) is 84.9 Å². The maximum atomic E-state index is 13.5. The van der Waals surface area contributed by atoms with E-state index < -0.39 is 85.4 Å². The average molecular weight is 691 g/mol. The highest BCUT2D eigenvalue weighted by Crippen LogP contribution is 2.36. The first-order valence-electron chi connectivity index (χ1n) is 11.2. The highest BCUT2D eigenvalue weighted by Gasteiger charge is 2.29. The number of sulfone groups is 3. The fourth-order valence-electron chi connectivity index (χ4n) is 3.69. The van der Waals surface area contributed by atoms with Crippen LogP contribution >= 0.6 is 12.0 Å². The van der Waals surface area contributed by atoms with Gasteiger partial charge in [0.1, 0.15) is 21.3 Å². The van der Waals surface area contributed by atoms with Gasteiger partial charge in [-0.25, -0.2) is 30.5 Å². The van der Waals surface area contributed by atoms with Crippen molar-refractivity contribution in [3.8, 4) is 11.5 Å². The Kier molecular flexibility index (Phi) is 8.94. The van der Waals surface area contributed by atoms with Crippen molar-refractivity contribution < 1.29 is 63.1 Å². The van der Waals surface area contributed by atoms with Gasteiger partial charge in [-0.15, -0.1) is 4.33 Å². The van der Waals surface area contributed by atoms with Crippen LogP contribution in [0.1, 0.15) is 0 Å². The molecule has 0 fully saturated rings. The molecule has 43 heavy (non-hydrogen) atoms. The van der Waals surface area contributed by atoms with Gasteiger partial charge in [-0.3, -0.25) is 4.55 Å². The van der Waals surface area contributed by atoms with Gasteiger partial charge in [-0.1, -0.05) is 17.2 Å². The summed E-state index contributed by atoms with van der Waals surface area (Å²) >= 11 is 0.453. The maximum Gasteiger partial charge on any atom is 0.294 e. The van der Waals surface area contributed by atoms with Crippen LogP contribution in [0.4, 0.5) is 0 Å². The Labute approximate surface area is 249 Å². The van der Waals surface area contributed by atoms with Gasteiger partial charge in [0.2, 0.25) is 29.5 Å². The van der Waals surface area contributed by atoms with Crippen molar-refractivity contribution >= 4 is 51.7 Å². The van der Waals surface area contributed by atoms with Crippen LogP contribution in [0.25, 0.3) is 0 Å². The zero-order valence-corrected chi connectivity index (χ0v) is 25.1. The largest absolute Gasteiger partial charge is 0.507 e. The van der Waals surface area contributed by atoms with Gasteiger partial charge in [0.25, 0.3) is 10.1 Å². The molecule has 0 aliphatic rings. The van der Waals surface area contributed by atoms with Crippen LogP contribution in [0.3, 0.4) is 0 Å². The summed E-state index contributed by atoms with van der Waals surface area (Å²) in [4.78, 5) is -4.83. The second-order valence-electron chi connectivity index (χ2n) is 8.42. The molecule has 0 aromatic heterocycles. The monoisotopic (exact) mass is 690 g/mol. The third kappa shape index (κ3) is 6.54. The Bertz CT molecular complexity index is 2160. The van der Waals surface area contributed by atoms with Crippen LogP contribution in [-0.2, 0) is 49.0 Å². The molecule has 4 aromatic rings. The molecule has 0 bridgehead atoms. The minimum Gasteiger partial charge on any atom is -0.507 e. The molecule has 0 spiro atoms. The molecule has 0 atom stereocenters. The number of hydrogen-bond acceptors (Lipinski definition) is 14. The predicted molar refractivity (Wildman–Crippen MR) is 146 cm³/mol. The summed E-state index contributed by atoms with van der Waals surface area (Å²) in [6, 6.07) is 13.0. The minimum absolute atomic E-state index is 0.151. The molecule has 0 saturated carbocycles. The number of phenolic OH excluding ortho intramolecular Hbond substituents is 2. The van der Waals surface area contributed by atoms with E-state index in [1.807, 2.05) is 0 Å². The number of hydrogen-bond donors (Lipinski definition) is 4. The van der Waals surface area contributed by atoms with Crippen LogP contribution in [0.15, 0.2) is 124 Å². The second-order valence-corrected chi connectivity index (χ2v) is 16.4. The Morgan fingerprint density at radius 1 is 0.535 bits per heavy atom. The molecular weight excluding hydrogens is 673 g/mol. The quantitative estimate of drug-likeness (QED) is 0.0809. The van der Waals surface area contributed by atoms with Gasteiger partial charge in [0, 0.05) is 4.90 Å². The fraction of sp³-hybridized carbons (Fsp3) is 0. The van der Waals surface area contributed by atoms with E-state index in [2.05, 4.69) is 9.37 Å². The van der Waals surface area contributed by atoms with Gasteiger partial charge in [0.15, 0.2) is 0 Å². The maximum absolute atomic E-state index is 13.5. The van der Waals surface area contributed by atoms with Crippen LogP contribution in [-0.4, -0.2) is 53.7 Å². The van der Waals surface area contributed by atoms with Gasteiger partial charge in [0.05, 0.1) is 36.5 Å². The average Bonchev–Trinajstić information content (AvgIpc) is 2.96. The number of benzene rings is 4. The first-order valence-corrected chi connectivity index (χ1v) is 17.9. The smallest absolute Gasteiger partial charge is 0.294 e. The Morgan fingerprint density at radius 3 is 1.47 bits per heavy atom. The van der Waals surface area contributed by atoms with E-state index in [9.17, 15) is 48.4 Å². The van der Waals surface area contributed by atoms with Crippen molar-refractivity contribution in [2.75, 3.05) is 0 Å². The Morgan fingerprint density at radius 2 is 0.977 bits per heavy atom. The van der Waals surface area contributed by atoms with E-state index >= 15 is 0 Å². The molecule has 14 nitrogen and oxygen atoms in total. The molecule has 0 amide bonds. The lowest BCUT2D eigenvalue weighted by Crippen LogP contribution is -2.09. The summed E-state index contributed by atoms with van der Waals surface area (Å²) in [5.41, 5.74) is 0. The van der Waals surface area contributed by atoms with Crippen molar-refractivity contribution in [2.24, 2.45) is 0 Å². The lowest BCUT2D eigenvalue weighted by molar-refractivity contribution is -0.432. The topological polar surface area (TPSA) is 236 Å². The van der Waals surface area contributed by atoms with Gasteiger partial charge < -0.3 is 10.2 Å². The van der Waals surface area contributed by atoms with E-state index in [0.29, 0.717) is 30.2 Å². The van der Waals surface area contributed by atoms with Crippen molar-refractivity contribution in [1.29, 1.82) is 0 Å². The third-order valence-corrected chi connectivity index (χ3v) is 12.5. The highest BCUT2D eigenvalue weighted by molar-refractivity contribution is 7.95. The van der Waals surface area contributed by atoms with Crippen molar-refractivity contribution in [3.63, 3.8) is 0 Å². The van der Waals surface area contributed by atoms with Crippen LogP contribution in [0, 0.1) is 0 Å². The molecule has 0 saturated heterocycles. The van der Waals surface area contributed by atoms with E-state index in [1.165, 1.54) is 12.1 Å². The van der Waals surface area contributed by atoms with Crippen molar-refractivity contribution in [2.45, 2.75) is 39.2 Å². The zero-order valence-electron chi connectivity index (χ0n) is 21.0. The molecule has 0 heterocycles. The molecule has 0 aliphatic heterocycles. The molecular formula is C24H18O14S5. The summed E-state index contributed by atoms with van der Waals surface area (Å²) in [6.07, 6.45) is 0. The van der Waals surface area contributed by atoms with E-state index in [4.69, 9.17) is 5.26 Å². The Balaban J connectivity index is 1.80. The van der Waals surface area contributed by atoms with Crippen molar-refractivity contribution in [1.82, 2.24) is 0 Å². The van der Waals surface area contributed by atoms with Gasteiger partial charge >= 0.3 is 0 Å². The summed E-state index contributed by atoms with van der Waals surface area (Å²) < 4.78 is 117. The molecule has 19 heteroatoms. The highest BCUT2D eigenvalue weighted by atomic mass is 32.2. The van der Waals surface area contributed by atoms with Crippen LogP contribution in [0.2, 0.25) is 0 Å². The fourth-order valence-corrected chi connectivity index (χ4v) is 9.09. The van der Waals surface area contributed by atoms with E-state index in [0.717, 1.165) is 54.6 Å². The van der Waals surface area contributed by atoms with E-state index in [1.54, 1.807) is 0 Å². The molecule has 0 aliphatic carbocycles. The first kappa shape index (κ1) is 32.4. The van der Waals surface area contributed by atoms with Crippen LogP contribution in [0.5, 0.6) is 11.5 Å². The summed E-state index contributed by atoms with van der Waals surface area (Å²) in [5, 5.41) is 32.4. The molecule has 0 unspecified atom stereocenters. The lowest BCUT2D eigenvalue weighted by Gasteiger charge is -2.12. The van der Waals surface area contributed by atoms with E-state index in [-0.39, 0.29) is 4.90 Å². The minimum atomic E-state index is -4.81. The molecule has 4 aromatic carbocycles. The molecule has 4 N–H and O–H groups in total. The third-order valence-electron chi connectivity index (χ3n) is 5.75. The number of phenols is 2. The van der Waals surface area contributed by atoms with Gasteiger partial charge in [-0.2, -0.15) is 8.42 Å². The standard InChI is InChI=1S/C24H18O14S5/c25-21-9-7-18(13-23(21)41(30,31)16-4-1-3-15(11-16)39-38-37-27)40(28,29)19-8-10-22(26)24(14-19)42(32,33)17-5-2-6-20(12-17)43(34,35)36/h1-14,25-27H,(H,34,35,36). The molecule has 0 radical (unpaired) electrons. The van der Waals surface area contributed by atoms with Gasteiger partial charge in [-0.05, 0) is 72.8 Å². The first-order chi connectivity index (χ1) is 20.0. The number of rotatable bonds is 10. The van der Waals surface area contributed by atoms with Crippen LogP contribution < -0.4 is 0 Å². The summed E-state index contributed by atoms with van der Waals surface area (Å²) in [5.74, 6) is -1.70. The molecule has 4 rings (SSSR count). The summed E-state index contributed by atoms with van der Waals surface area (Å²) in [6.45, 7) is 0. The normalized spacial score (nSPS) is 12.7.